The first-order valence-electron chi connectivity index (χ1n) is 12.9. The maximum absolute atomic E-state index is 13.8. The van der Waals surface area contributed by atoms with Crippen molar-refractivity contribution < 1.29 is 19.1 Å². The number of hydrogen-bond acceptors (Lipinski definition) is 4. The van der Waals surface area contributed by atoms with Crippen LogP contribution in [0.2, 0.25) is 5.02 Å². The van der Waals surface area contributed by atoms with Crippen LogP contribution in [0.25, 0.3) is 0 Å². The highest BCUT2D eigenvalue weighted by Crippen LogP contribution is 2.29. The number of unbranched alkanes of at least 4 members (excludes halogenated alkanes) is 3. The van der Waals surface area contributed by atoms with E-state index in [0.717, 1.165) is 31.2 Å². The summed E-state index contributed by atoms with van der Waals surface area (Å²) < 4.78 is 5.33. The molecule has 2 atom stereocenters. The molecule has 0 saturated heterocycles. The molecular formula is C29H40ClN3O4. The summed E-state index contributed by atoms with van der Waals surface area (Å²) in [6.45, 7) is 11.2. The van der Waals surface area contributed by atoms with E-state index in [2.05, 4.69) is 17.6 Å². The van der Waals surface area contributed by atoms with E-state index in [1.165, 1.54) is 0 Å². The monoisotopic (exact) mass is 529 g/mol. The van der Waals surface area contributed by atoms with Crippen LogP contribution >= 0.6 is 11.6 Å². The SMILES string of the molecule is CCCCCCN(C(=O)C(C)NC(=O)OC(C)(C)C)C(C(=O)Nc1c(C)cccc1Cl)c1ccccc1. The Morgan fingerprint density at radius 2 is 1.68 bits per heavy atom. The highest BCUT2D eigenvalue weighted by Gasteiger charge is 2.34. The third-order valence-electron chi connectivity index (χ3n) is 5.78. The molecule has 2 N–H and O–H groups in total. The van der Waals surface area contributed by atoms with Crippen LogP contribution in [0.1, 0.15) is 77.5 Å². The predicted octanol–water partition coefficient (Wildman–Crippen LogP) is 6.65. The van der Waals surface area contributed by atoms with Crippen molar-refractivity contribution in [1.29, 1.82) is 0 Å². The number of anilines is 1. The molecule has 0 aromatic heterocycles. The number of nitrogens with zero attached hydrogens (tertiary/aromatic N) is 1. The lowest BCUT2D eigenvalue weighted by Crippen LogP contribution is -2.51. The van der Waals surface area contributed by atoms with E-state index >= 15 is 0 Å². The number of amides is 3. The molecule has 0 fully saturated rings. The number of nitrogens with one attached hydrogen (secondary N) is 2. The predicted molar refractivity (Wildman–Crippen MR) is 149 cm³/mol. The second-order valence-corrected chi connectivity index (χ2v) is 10.6. The van der Waals surface area contributed by atoms with Crippen LogP contribution in [-0.4, -0.2) is 41.0 Å². The average molecular weight is 530 g/mol. The van der Waals surface area contributed by atoms with Gasteiger partial charge < -0.3 is 20.3 Å². The summed E-state index contributed by atoms with van der Waals surface area (Å²) in [7, 11) is 0. The molecule has 202 valence electrons. The summed E-state index contributed by atoms with van der Waals surface area (Å²) in [5.41, 5.74) is 1.28. The average Bonchev–Trinajstić information content (AvgIpc) is 2.82. The van der Waals surface area contributed by atoms with Gasteiger partial charge in [0, 0.05) is 6.54 Å². The maximum atomic E-state index is 13.8. The first kappa shape index (κ1) is 30.2. The van der Waals surface area contributed by atoms with Crippen LogP contribution in [0.3, 0.4) is 0 Å². The molecule has 2 aromatic rings. The molecule has 2 rings (SSSR count). The minimum Gasteiger partial charge on any atom is -0.444 e. The summed E-state index contributed by atoms with van der Waals surface area (Å²) in [6, 6.07) is 12.7. The number of rotatable bonds is 11. The Labute approximate surface area is 225 Å². The molecule has 0 saturated carbocycles. The van der Waals surface area contributed by atoms with Gasteiger partial charge in [0.2, 0.25) is 5.91 Å². The third kappa shape index (κ3) is 9.39. The van der Waals surface area contributed by atoms with Crippen molar-refractivity contribution in [2.75, 3.05) is 11.9 Å². The Morgan fingerprint density at radius 3 is 2.27 bits per heavy atom. The number of para-hydroxylation sites is 1. The van der Waals surface area contributed by atoms with Crippen molar-refractivity contribution in [2.24, 2.45) is 0 Å². The summed E-state index contributed by atoms with van der Waals surface area (Å²) in [4.78, 5) is 41.5. The van der Waals surface area contributed by atoms with Gasteiger partial charge in [-0.3, -0.25) is 9.59 Å². The Kier molecular flexibility index (Phi) is 11.4. The minimum absolute atomic E-state index is 0.355. The molecule has 0 aliphatic rings. The lowest BCUT2D eigenvalue weighted by atomic mass is 10.0. The topological polar surface area (TPSA) is 87.7 Å². The van der Waals surface area contributed by atoms with Gasteiger partial charge in [-0.05, 0) is 58.2 Å². The normalized spacial score (nSPS) is 12.8. The van der Waals surface area contributed by atoms with Crippen molar-refractivity contribution in [3.05, 3.63) is 64.7 Å². The van der Waals surface area contributed by atoms with E-state index in [-0.39, 0.29) is 11.8 Å². The molecule has 0 spiro atoms. The van der Waals surface area contributed by atoms with Crippen molar-refractivity contribution in [2.45, 2.75) is 84.9 Å². The molecule has 0 aliphatic carbocycles. The number of carbonyl (C=O) groups is 3. The molecule has 0 heterocycles. The van der Waals surface area contributed by atoms with Gasteiger partial charge in [-0.15, -0.1) is 0 Å². The molecule has 37 heavy (non-hydrogen) atoms. The highest BCUT2D eigenvalue weighted by molar-refractivity contribution is 6.34. The molecule has 8 heteroatoms. The summed E-state index contributed by atoms with van der Waals surface area (Å²) >= 11 is 6.39. The molecule has 0 aliphatic heterocycles. The largest absolute Gasteiger partial charge is 0.444 e. The maximum Gasteiger partial charge on any atom is 0.408 e. The van der Waals surface area contributed by atoms with E-state index < -0.39 is 23.8 Å². The van der Waals surface area contributed by atoms with Crippen molar-refractivity contribution in [1.82, 2.24) is 10.2 Å². The molecule has 3 amide bonds. The first-order valence-corrected chi connectivity index (χ1v) is 13.2. The van der Waals surface area contributed by atoms with Gasteiger partial charge in [-0.1, -0.05) is 80.3 Å². The van der Waals surface area contributed by atoms with Gasteiger partial charge in [0.1, 0.15) is 17.7 Å². The standard InChI is InChI=1S/C29H40ClN3O4/c1-7-8-9-13-19-33(27(35)21(3)31-28(36)37-29(4,5)6)25(22-16-11-10-12-17-22)26(34)32-24-20(2)15-14-18-23(24)30/h10-12,14-18,21,25H,7-9,13,19H2,1-6H3,(H,31,36)(H,32,34). The van der Waals surface area contributed by atoms with Gasteiger partial charge in [0.25, 0.3) is 5.91 Å². The van der Waals surface area contributed by atoms with E-state index in [0.29, 0.717) is 22.8 Å². The van der Waals surface area contributed by atoms with Crippen LogP contribution in [-0.2, 0) is 14.3 Å². The Morgan fingerprint density at radius 1 is 1.00 bits per heavy atom. The number of hydrogen-bond donors (Lipinski definition) is 2. The summed E-state index contributed by atoms with van der Waals surface area (Å²) in [5.74, 6) is -0.752. The molecule has 0 bridgehead atoms. The van der Waals surface area contributed by atoms with Gasteiger partial charge in [-0.2, -0.15) is 0 Å². The Balaban J connectivity index is 2.42. The fourth-order valence-electron chi connectivity index (χ4n) is 3.96. The Bertz CT molecular complexity index is 1030. The van der Waals surface area contributed by atoms with Crippen molar-refractivity contribution in [3.8, 4) is 0 Å². The number of aryl methyl sites for hydroxylation is 1. The lowest BCUT2D eigenvalue weighted by Gasteiger charge is -2.34. The third-order valence-corrected chi connectivity index (χ3v) is 6.10. The summed E-state index contributed by atoms with van der Waals surface area (Å²) in [5, 5.41) is 5.99. The smallest absolute Gasteiger partial charge is 0.408 e. The fourth-order valence-corrected chi connectivity index (χ4v) is 4.23. The number of benzene rings is 2. The number of halogens is 1. The summed E-state index contributed by atoms with van der Waals surface area (Å²) in [6.07, 6.45) is 3.02. The molecule has 7 nitrogen and oxygen atoms in total. The Hall–Kier alpha value is -3.06. The van der Waals surface area contributed by atoms with Crippen LogP contribution in [0.4, 0.5) is 10.5 Å². The second kappa shape index (κ2) is 14.0. The van der Waals surface area contributed by atoms with E-state index in [1.54, 1.807) is 38.7 Å². The van der Waals surface area contributed by atoms with Gasteiger partial charge >= 0.3 is 6.09 Å². The molecular weight excluding hydrogens is 490 g/mol. The van der Waals surface area contributed by atoms with Crippen LogP contribution in [0, 0.1) is 6.92 Å². The van der Waals surface area contributed by atoms with Crippen LogP contribution < -0.4 is 10.6 Å². The van der Waals surface area contributed by atoms with Crippen molar-refractivity contribution >= 4 is 35.2 Å². The number of alkyl carbamates (subject to hydrolysis) is 1. The zero-order valence-corrected chi connectivity index (χ0v) is 23.5. The fraction of sp³-hybridized carbons (Fsp3) is 0.483. The number of ether oxygens (including phenoxy) is 1. The van der Waals surface area contributed by atoms with Gasteiger partial charge in [0.05, 0.1) is 10.7 Å². The highest BCUT2D eigenvalue weighted by atomic mass is 35.5. The van der Waals surface area contributed by atoms with E-state index in [9.17, 15) is 14.4 Å². The zero-order chi connectivity index (χ0) is 27.6. The zero-order valence-electron chi connectivity index (χ0n) is 22.8. The second-order valence-electron chi connectivity index (χ2n) is 10.2. The first-order chi connectivity index (χ1) is 17.4. The molecule has 2 unspecified atom stereocenters. The van der Waals surface area contributed by atoms with Crippen LogP contribution in [0.15, 0.2) is 48.5 Å². The minimum atomic E-state index is -0.922. The number of carbonyl (C=O) groups excluding carboxylic acids is 3. The van der Waals surface area contributed by atoms with Gasteiger partial charge in [-0.25, -0.2) is 4.79 Å². The van der Waals surface area contributed by atoms with Gasteiger partial charge in [0.15, 0.2) is 0 Å². The van der Waals surface area contributed by atoms with Crippen molar-refractivity contribution in [3.63, 3.8) is 0 Å². The van der Waals surface area contributed by atoms with E-state index in [1.807, 2.05) is 49.4 Å². The lowest BCUT2D eigenvalue weighted by molar-refractivity contribution is -0.140. The quantitative estimate of drug-likeness (QED) is 0.319. The van der Waals surface area contributed by atoms with Crippen LogP contribution in [0.5, 0.6) is 0 Å². The molecule has 0 radical (unpaired) electrons. The molecule has 2 aromatic carbocycles. The van der Waals surface area contributed by atoms with E-state index in [4.69, 9.17) is 16.3 Å².